The summed E-state index contributed by atoms with van der Waals surface area (Å²) in [4.78, 5) is 0.117. The molecule has 3 aromatic carbocycles. The van der Waals surface area contributed by atoms with Crippen molar-refractivity contribution >= 4 is 27.0 Å². The molecule has 22 heavy (non-hydrogen) atoms. The first-order valence-electron chi connectivity index (χ1n) is 6.64. The molecule has 3 rings (SSSR count). The predicted octanol–water partition coefficient (Wildman–Crippen LogP) is 3.35. The molecule has 0 aliphatic carbocycles. The summed E-state index contributed by atoms with van der Waals surface area (Å²) in [5, 5.41) is 11.6. The lowest BCUT2D eigenvalue weighted by atomic mass is 10.0. The van der Waals surface area contributed by atoms with Gasteiger partial charge in [0.25, 0.3) is 10.0 Å². The second-order valence-electron chi connectivity index (χ2n) is 4.74. The third kappa shape index (κ3) is 2.71. The summed E-state index contributed by atoms with van der Waals surface area (Å²) in [6.07, 6.45) is 1.19. The minimum atomic E-state index is -3.79. The van der Waals surface area contributed by atoms with Crippen molar-refractivity contribution in [2.45, 2.75) is 4.90 Å². The van der Waals surface area contributed by atoms with E-state index in [0.717, 1.165) is 10.8 Å². The Kier molecular flexibility index (Phi) is 3.65. The maximum atomic E-state index is 12.2. The molecule has 0 radical (unpaired) electrons. The Morgan fingerprint density at radius 3 is 2.32 bits per heavy atom. The SMILES string of the molecule is O=S(=O)(N=Cc1c(O)ccc2ccccc12)c1ccccc1. The molecule has 110 valence electrons. The van der Waals surface area contributed by atoms with E-state index in [9.17, 15) is 13.5 Å². The van der Waals surface area contributed by atoms with Crippen molar-refractivity contribution in [2.24, 2.45) is 4.40 Å². The fourth-order valence-corrected chi connectivity index (χ4v) is 3.06. The first-order valence-corrected chi connectivity index (χ1v) is 8.08. The van der Waals surface area contributed by atoms with Crippen LogP contribution in [-0.4, -0.2) is 19.7 Å². The minimum Gasteiger partial charge on any atom is -0.507 e. The quantitative estimate of drug-likeness (QED) is 0.754. The number of hydrogen-bond donors (Lipinski definition) is 1. The average molecular weight is 311 g/mol. The van der Waals surface area contributed by atoms with E-state index in [4.69, 9.17) is 0 Å². The molecular formula is C17H13NO3S. The normalized spacial score (nSPS) is 12.0. The second-order valence-corrected chi connectivity index (χ2v) is 6.37. The molecule has 5 heteroatoms. The monoisotopic (exact) mass is 311 g/mol. The minimum absolute atomic E-state index is 0.00860. The molecule has 0 aliphatic heterocycles. The van der Waals surface area contributed by atoms with Gasteiger partial charge in [0, 0.05) is 5.56 Å². The van der Waals surface area contributed by atoms with E-state index < -0.39 is 10.0 Å². The van der Waals surface area contributed by atoms with Crippen LogP contribution in [0.15, 0.2) is 76.0 Å². The lowest BCUT2D eigenvalue weighted by molar-refractivity contribution is 0.475. The Balaban J connectivity index is 2.09. The molecule has 3 aromatic rings. The lowest BCUT2D eigenvalue weighted by Gasteiger charge is -2.04. The maximum Gasteiger partial charge on any atom is 0.282 e. The van der Waals surface area contributed by atoms with Gasteiger partial charge in [0.15, 0.2) is 0 Å². The summed E-state index contributed by atoms with van der Waals surface area (Å²) in [7, 11) is -3.79. The van der Waals surface area contributed by atoms with Crippen LogP contribution in [0.2, 0.25) is 0 Å². The fraction of sp³-hybridized carbons (Fsp3) is 0. The third-order valence-electron chi connectivity index (χ3n) is 3.31. The zero-order chi connectivity index (χ0) is 15.6. The summed E-state index contributed by atoms with van der Waals surface area (Å²) < 4.78 is 28.0. The van der Waals surface area contributed by atoms with Crippen molar-refractivity contribution in [1.82, 2.24) is 0 Å². The topological polar surface area (TPSA) is 66.7 Å². The van der Waals surface area contributed by atoms with Crippen LogP contribution >= 0.6 is 0 Å². The van der Waals surface area contributed by atoms with Gasteiger partial charge in [-0.1, -0.05) is 48.5 Å². The van der Waals surface area contributed by atoms with Crippen LogP contribution < -0.4 is 0 Å². The van der Waals surface area contributed by atoms with Crippen LogP contribution in [-0.2, 0) is 10.0 Å². The standard InChI is InChI=1S/C17H13NO3S/c19-17-11-10-13-6-4-5-9-15(13)16(17)12-18-22(20,21)14-7-2-1-3-8-14/h1-12,19H. The number of sulfonamides is 1. The molecule has 0 saturated carbocycles. The molecular weight excluding hydrogens is 298 g/mol. The molecule has 0 spiro atoms. The van der Waals surface area contributed by atoms with E-state index in [1.165, 1.54) is 24.4 Å². The highest BCUT2D eigenvalue weighted by Crippen LogP contribution is 2.26. The number of fused-ring (bicyclic) bond motifs is 1. The van der Waals surface area contributed by atoms with E-state index in [1.807, 2.05) is 24.3 Å². The van der Waals surface area contributed by atoms with Gasteiger partial charge >= 0.3 is 0 Å². The van der Waals surface area contributed by atoms with Gasteiger partial charge in [0.2, 0.25) is 0 Å². The van der Waals surface area contributed by atoms with Crippen molar-refractivity contribution in [3.8, 4) is 5.75 Å². The average Bonchev–Trinajstić information content (AvgIpc) is 2.55. The third-order valence-corrected chi connectivity index (χ3v) is 4.56. The largest absolute Gasteiger partial charge is 0.507 e. The Bertz CT molecular complexity index is 948. The molecule has 0 amide bonds. The molecule has 1 N–H and O–H groups in total. The van der Waals surface area contributed by atoms with Crippen molar-refractivity contribution in [1.29, 1.82) is 0 Å². The van der Waals surface area contributed by atoms with E-state index in [2.05, 4.69) is 4.40 Å². The van der Waals surface area contributed by atoms with Gasteiger partial charge < -0.3 is 5.11 Å². The van der Waals surface area contributed by atoms with E-state index in [1.54, 1.807) is 24.3 Å². The summed E-state index contributed by atoms with van der Waals surface area (Å²) >= 11 is 0. The van der Waals surface area contributed by atoms with Crippen LogP contribution in [0.4, 0.5) is 0 Å². The van der Waals surface area contributed by atoms with Crippen LogP contribution in [0.25, 0.3) is 10.8 Å². The summed E-state index contributed by atoms with van der Waals surface area (Å²) in [6.45, 7) is 0. The van der Waals surface area contributed by atoms with Crippen LogP contribution in [0.1, 0.15) is 5.56 Å². The molecule has 0 heterocycles. The molecule has 4 nitrogen and oxygen atoms in total. The molecule has 0 bridgehead atoms. The van der Waals surface area contributed by atoms with Crippen molar-refractivity contribution < 1.29 is 13.5 Å². The van der Waals surface area contributed by atoms with Gasteiger partial charge in [0.05, 0.1) is 11.1 Å². The number of benzene rings is 3. The zero-order valence-corrected chi connectivity index (χ0v) is 12.4. The summed E-state index contributed by atoms with van der Waals surface area (Å²) in [6, 6.07) is 18.7. The highest BCUT2D eigenvalue weighted by molar-refractivity contribution is 7.90. The second kappa shape index (κ2) is 5.61. The molecule has 0 atom stereocenters. The fourth-order valence-electron chi connectivity index (χ4n) is 2.20. The van der Waals surface area contributed by atoms with E-state index >= 15 is 0 Å². The smallest absolute Gasteiger partial charge is 0.282 e. The number of aromatic hydroxyl groups is 1. The first-order chi connectivity index (χ1) is 10.6. The van der Waals surface area contributed by atoms with Gasteiger partial charge in [-0.2, -0.15) is 12.8 Å². The number of rotatable bonds is 3. The number of nitrogens with zero attached hydrogens (tertiary/aromatic N) is 1. The maximum absolute atomic E-state index is 12.2. The van der Waals surface area contributed by atoms with Gasteiger partial charge in [-0.25, -0.2) is 0 Å². The van der Waals surface area contributed by atoms with Crippen LogP contribution in [0, 0.1) is 0 Å². The van der Waals surface area contributed by atoms with Gasteiger partial charge in [0.1, 0.15) is 5.75 Å². The Hall–Kier alpha value is -2.66. The van der Waals surface area contributed by atoms with Gasteiger partial charge in [-0.05, 0) is 29.0 Å². The van der Waals surface area contributed by atoms with E-state index in [0.29, 0.717) is 5.56 Å². The Labute approximate surface area is 128 Å². The highest BCUT2D eigenvalue weighted by Gasteiger charge is 2.12. The zero-order valence-electron chi connectivity index (χ0n) is 11.5. The van der Waals surface area contributed by atoms with Crippen LogP contribution in [0.3, 0.4) is 0 Å². The van der Waals surface area contributed by atoms with Gasteiger partial charge in [-0.3, -0.25) is 0 Å². The summed E-state index contributed by atoms with van der Waals surface area (Å²) in [5.74, 6) is -0.00860. The van der Waals surface area contributed by atoms with Crippen molar-refractivity contribution in [3.63, 3.8) is 0 Å². The molecule has 0 saturated heterocycles. The Morgan fingerprint density at radius 2 is 1.55 bits per heavy atom. The first kappa shape index (κ1) is 14.3. The van der Waals surface area contributed by atoms with Gasteiger partial charge in [-0.15, -0.1) is 0 Å². The highest BCUT2D eigenvalue weighted by atomic mass is 32.2. The molecule has 0 unspecified atom stereocenters. The summed E-state index contributed by atoms with van der Waals surface area (Å²) in [5.41, 5.74) is 0.387. The van der Waals surface area contributed by atoms with E-state index in [-0.39, 0.29) is 10.6 Å². The lowest BCUT2D eigenvalue weighted by Crippen LogP contribution is -1.97. The Morgan fingerprint density at radius 1 is 0.864 bits per heavy atom. The predicted molar refractivity (Wildman–Crippen MR) is 86.8 cm³/mol. The molecule has 0 aromatic heterocycles. The number of phenols is 1. The number of hydrogen-bond acceptors (Lipinski definition) is 3. The van der Waals surface area contributed by atoms with Crippen LogP contribution in [0.5, 0.6) is 5.75 Å². The number of phenolic OH excluding ortho intramolecular Hbond substituents is 1. The molecule has 0 aliphatic rings. The van der Waals surface area contributed by atoms with Crippen molar-refractivity contribution in [2.75, 3.05) is 0 Å². The molecule has 0 fully saturated rings. The van der Waals surface area contributed by atoms with Crippen molar-refractivity contribution in [3.05, 3.63) is 72.3 Å².